The van der Waals surface area contributed by atoms with E-state index < -0.39 is 0 Å². The number of pyridine rings is 1. The summed E-state index contributed by atoms with van der Waals surface area (Å²) in [5.74, 6) is 0. The molecule has 2 nitrogen and oxygen atoms in total. The van der Waals surface area contributed by atoms with E-state index in [0.29, 0.717) is 0 Å². The number of hydrogen-bond acceptors (Lipinski definition) is 1. The van der Waals surface area contributed by atoms with Crippen LogP contribution < -0.4 is 5.56 Å². The van der Waals surface area contributed by atoms with Gasteiger partial charge in [0.05, 0.1) is 0 Å². The highest BCUT2D eigenvalue weighted by atomic mass is 16.1. The minimum Gasteiger partial charge on any atom is -0.327 e. The van der Waals surface area contributed by atoms with Gasteiger partial charge in [-0.05, 0) is 31.4 Å². The molecular weight excluding hydrogens is 150 g/mol. The second-order valence-corrected chi connectivity index (χ2v) is 3.14. The molecule has 1 heterocycles. The quantitative estimate of drug-likeness (QED) is 0.730. The normalized spacial score (nSPS) is 10.2. The number of unbranched alkanes of at least 4 members (excludes halogenated alkanes) is 1. The van der Waals surface area contributed by atoms with Crippen molar-refractivity contribution in [2.24, 2.45) is 0 Å². The van der Waals surface area contributed by atoms with Crippen molar-refractivity contribution in [2.45, 2.75) is 33.1 Å². The zero-order chi connectivity index (χ0) is 8.97. The molecule has 0 aliphatic rings. The number of nitrogens with one attached hydrogen (secondary N) is 1. The van der Waals surface area contributed by atoms with Crippen LogP contribution in [0, 0.1) is 6.92 Å². The van der Waals surface area contributed by atoms with Crippen molar-refractivity contribution >= 4 is 0 Å². The van der Waals surface area contributed by atoms with E-state index >= 15 is 0 Å². The number of aryl methyl sites for hydroxylation is 2. The van der Waals surface area contributed by atoms with Gasteiger partial charge in [0, 0.05) is 11.8 Å². The summed E-state index contributed by atoms with van der Waals surface area (Å²) in [5.41, 5.74) is 2.12. The highest BCUT2D eigenvalue weighted by Crippen LogP contribution is 2.02. The van der Waals surface area contributed by atoms with Gasteiger partial charge in [-0.2, -0.15) is 0 Å². The van der Waals surface area contributed by atoms with Crippen molar-refractivity contribution in [3.8, 4) is 0 Å². The summed E-state index contributed by atoms with van der Waals surface area (Å²) in [4.78, 5) is 13.8. The topological polar surface area (TPSA) is 32.9 Å². The van der Waals surface area contributed by atoms with Gasteiger partial charge in [-0.25, -0.2) is 0 Å². The minimum atomic E-state index is 0.0149. The third-order valence-electron chi connectivity index (χ3n) is 1.86. The Balaban J connectivity index is 2.79. The molecule has 0 aromatic carbocycles. The second-order valence-electron chi connectivity index (χ2n) is 3.14. The van der Waals surface area contributed by atoms with Gasteiger partial charge >= 0.3 is 0 Å². The van der Waals surface area contributed by atoms with Gasteiger partial charge in [0.1, 0.15) is 0 Å². The molecule has 1 rings (SSSR count). The van der Waals surface area contributed by atoms with Gasteiger partial charge in [-0.15, -0.1) is 0 Å². The van der Waals surface area contributed by atoms with Crippen LogP contribution >= 0.6 is 0 Å². The molecule has 66 valence electrons. The molecule has 0 saturated heterocycles. The van der Waals surface area contributed by atoms with Crippen LogP contribution in [0.1, 0.15) is 31.0 Å². The van der Waals surface area contributed by atoms with E-state index in [9.17, 15) is 4.79 Å². The largest absolute Gasteiger partial charge is 0.327 e. The Hall–Kier alpha value is -1.05. The van der Waals surface area contributed by atoms with Crippen molar-refractivity contribution in [2.75, 3.05) is 0 Å². The first-order chi connectivity index (χ1) is 5.72. The predicted molar refractivity (Wildman–Crippen MR) is 50.4 cm³/mol. The van der Waals surface area contributed by atoms with Crippen molar-refractivity contribution in [3.05, 3.63) is 33.7 Å². The SMILES string of the molecule is CCCCc1cc(C)[nH]c(=O)c1. The molecule has 0 atom stereocenters. The maximum atomic E-state index is 11.0. The number of rotatable bonds is 3. The zero-order valence-electron chi connectivity index (χ0n) is 7.68. The van der Waals surface area contributed by atoms with Crippen LogP contribution in [-0.4, -0.2) is 4.98 Å². The molecule has 0 aliphatic heterocycles. The summed E-state index contributed by atoms with van der Waals surface area (Å²) < 4.78 is 0. The summed E-state index contributed by atoms with van der Waals surface area (Å²) in [6, 6.07) is 3.72. The first-order valence-electron chi connectivity index (χ1n) is 4.42. The van der Waals surface area contributed by atoms with Crippen molar-refractivity contribution in [1.82, 2.24) is 4.98 Å². The van der Waals surface area contributed by atoms with Crippen LogP contribution in [0.4, 0.5) is 0 Å². The average Bonchev–Trinajstić information content (AvgIpc) is 1.99. The maximum Gasteiger partial charge on any atom is 0.248 e. The molecule has 1 aromatic heterocycles. The van der Waals surface area contributed by atoms with E-state index in [1.165, 1.54) is 6.42 Å². The number of H-pyrrole nitrogens is 1. The van der Waals surface area contributed by atoms with Crippen LogP contribution in [0.15, 0.2) is 16.9 Å². The first-order valence-corrected chi connectivity index (χ1v) is 4.42. The molecule has 0 amide bonds. The molecule has 0 unspecified atom stereocenters. The van der Waals surface area contributed by atoms with Crippen molar-refractivity contribution in [1.29, 1.82) is 0 Å². The molecule has 1 N–H and O–H groups in total. The predicted octanol–water partition coefficient (Wildman–Crippen LogP) is 2.03. The van der Waals surface area contributed by atoms with E-state index in [2.05, 4.69) is 11.9 Å². The fourth-order valence-electron chi connectivity index (χ4n) is 1.28. The zero-order valence-corrected chi connectivity index (χ0v) is 7.68. The molecule has 0 spiro atoms. The van der Waals surface area contributed by atoms with Gasteiger partial charge in [0.2, 0.25) is 5.56 Å². The Bertz CT molecular complexity index is 301. The lowest BCUT2D eigenvalue weighted by molar-refractivity contribution is 0.791. The molecule has 1 aromatic rings. The Morgan fingerprint density at radius 2 is 2.17 bits per heavy atom. The lowest BCUT2D eigenvalue weighted by Crippen LogP contribution is -2.07. The Labute approximate surface area is 72.6 Å². The Kier molecular flexibility index (Phi) is 3.09. The standard InChI is InChI=1S/C10H15NO/c1-3-4-5-9-6-8(2)11-10(12)7-9/h6-7H,3-5H2,1-2H3,(H,11,12). The highest BCUT2D eigenvalue weighted by Gasteiger charge is 1.94. The number of hydrogen-bond donors (Lipinski definition) is 1. The summed E-state index contributed by atoms with van der Waals surface area (Å²) in [6.45, 7) is 4.07. The van der Waals surface area contributed by atoms with Crippen LogP contribution in [0.2, 0.25) is 0 Å². The number of aromatic nitrogens is 1. The van der Waals surface area contributed by atoms with E-state index in [4.69, 9.17) is 0 Å². The van der Waals surface area contributed by atoms with Crippen LogP contribution in [0.3, 0.4) is 0 Å². The fraction of sp³-hybridized carbons (Fsp3) is 0.500. The summed E-state index contributed by atoms with van der Waals surface area (Å²) in [7, 11) is 0. The Morgan fingerprint density at radius 1 is 1.42 bits per heavy atom. The van der Waals surface area contributed by atoms with E-state index in [1.54, 1.807) is 6.07 Å². The second kappa shape index (κ2) is 4.10. The van der Waals surface area contributed by atoms with E-state index in [1.807, 2.05) is 13.0 Å². The van der Waals surface area contributed by atoms with Crippen LogP contribution in [0.5, 0.6) is 0 Å². The maximum absolute atomic E-state index is 11.0. The first kappa shape index (κ1) is 9.04. The lowest BCUT2D eigenvalue weighted by Gasteiger charge is -1.99. The molecule has 12 heavy (non-hydrogen) atoms. The third kappa shape index (κ3) is 2.53. The van der Waals surface area contributed by atoms with Gasteiger partial charge < -0.3 is 4.98 Å². The molecule has 0 fully saturated rings. The summed E-state index contributed by atoms with van der Waals surface area (Å²) >= 11 is 0. The van der Waals surface area contributed by atoms with Crippen LogP contribution in [0.25, 0.3) is 0 Å². The molecular formula is C10H15NO. The summed E-state index contributed by atoms with van der Waals surface area (Å²) in [5, 5.41) is 0. The third-order valence-corrected chi connectivity index (χ3v) is 1.86. The molecule has 0 bridgehead atoms. The fourth-order valence-corrected chi connectivity index (χ4v) is 1.28. The van der Waals surface area contributed by atoms with E-state index in [0.717, 1.165) is 24.1 Å². The lowest BCUT2D eigenvalue weighted by atomic mass is 10.1. The van der Waals surface area contributed by atoms with Gasteiger partial charge in [-0.1, -0.05) is 13.3 Å². The molecule has 2 heteroatoms. The van der Waals surface area contributed by atoms with Crippen molar-refractivity contribution in [3.63, 3.8) is 0 Å². The monoisotopic (exact) mass is 165 g/mol. The van der Waals surface area contributed by atoms with E-state index in [-0.39, 0.29) is 5.56 Å². The van der Waals surface area contributed by atoms with Crippen LogP contribution in [-0.2, 0) is 6.42 Å². The molecule has 0 saturated carbocycles. The highest BCUT2D eigenvalue weighted by molar-refractivity contribution is 5.15. The Morgan fingerprint density at radius 3 is 2.75 bits per heavy atom. The molecule has 0 aliphatic carbocycles. The summed E-state index contributed by atoms with van der Waals surface area (Å²) in [6.07, 6.45) is 3.34. The van der Waals surface area contributed by atoms with Gasteiger partial charge in [0.25, 0.3) is 0 Å². The van der Waals surface area contributed by atoms with Crippen molar-refractivity contribution < 1.29 is 0 Å². The smallest absolute Gasteiger partial charge is 0.248 e. The average molecular weight is 165 g/mol. The van der Waals surface area contributed by atoms with Gasteiger partial charge in [-0.3, -0.25) is 4.79 Å². The minimum absolute atomic E-state index is 0.0149. The molecule has 0 radical (unpaired) electrons. The number of aromatic amines is 1. The van der Waals surface area contributed by atoms with Gasteiger partial charge in [0.15, 0.2) is 0 Å².